The average molecular weight is 315 g/mol. The van der Waals surface area contributed by atoms with Gasteiger partial charge in [-0.25, -0.2) is 17.5 Å². The first kappa shape index (κ1) is 17.4. The van der Waals surface area contributed by atoms with Crippen molar-refractivity contribution < 1.29 is 17.9 Å². The van der Waals surface area contributed by atoms with Crippen LogP contribution >= 0.6 is 0 Å². The number of benzene rings is 1. The first-order valence-electron chi connectivity index (χ1n) is 6.43. The van der Waals surface area contributed by atoms with Gasteiger partial charge < -0.3 is 15.8 Å². The summed E-state index contributed by atoms with van der Waals surface area (Å²) in [4.78, 5) is 10.7. The van der Waals surface area contributed by atoms with Gasteiger partial charge in [-0.3, -0.25) is 0 Å². The lowest BCUT2D eigenvalue weighted by molar-refractivity contribution is 0.156. The lowest BCUT2D eigenvalue weighted by atomic mass is 10.1. The molecule has 1 amide bonds. The standard InChI is InChI=1S/C13H21N3O4S/c1-10(15-8-9-20-13(14)17)11-4-6-12(7-5-11)21(18,19)16(2)3/h4-7,10,15H,8-9H2,1-3H3,(H2,14,17). The van der Waals surface area contributed by atoms with E-state index >= 15 is 0 Å². The van der Waals surface area contributed by atoms with Gasteiger partial charge in [-0.2, -0.15) is 0 Å². The van der Waals surface area contributed by atoms with E-state index in [0.29, 0.717) is 6.54 Å². The SMILES string of the molecule is CC(NCCOC(N)=O)c1ccc(S(=O)(=O)N(C)C)cc1. The minimum absolute atomic E-state index is 0.00223. The Morgan fingerprint density at radius 2 is 1.90 bits per heavy atom. The van der Waals surface area contributed by atoms with Gasteiger partial charge in [0.1, 0.15) is 6.61 Å². The third kappa shape index (κ3) is 5.00. The van der Waals surface area contributed by atoms with E-state index in [4.69, 9.17) is 5.73 Å². The number of hydrogen-bond acceptors (Lipinski definition) is 5. The molecule has 0 aliphatic heterocycles. The van der Waals surface area contributed by atoms with Crippen LogP contribution in [-0.2, 0) is 14.8 Å². The molecule has 1 aromatic rings. The van der Waals surface area contributed by atoms with E-state index in [0.717, 1.165) is 5.56 Å². The third-order valence-electron chi connectivity index (χ3n) is 2.96. The molecule has 0 aliphatic rings. The molecule has 1 atom stereocenters. The van der Waals surface area contributed by atoms with E-state index < -0.39 is 16.1 Å². The normalized spacial score (nSPS) is 13.1. The first-order chi connectivity index (χ1) is 9.75. The van der Waals surface area contributed by atoms with E-state index in [9.17, 15) is 13.2 Å². The molecule has 0 aliphatic carbocycles. The van der Waals surface area contributed by atoms with Crippen LogP contribution in [0.15, 0.2) is 29.2 Å². The number of nitrogens with zero attached hydrogens (tertiary/aromatic N) is 1. The molecule has 8 heteroatoms. The molecule has 0 radical (unpaired) electrons. The summed E-state index contributed by atoms with van der Waals surface area (Å²) >= 11 is 0. The zero-order chi connectivity index (χ0) is 16.0. The molecule has 0 saturated carbocycles. The molecule has 118 valence electrons. The predicted molar refractivity (Wildman–Crippen MR) is 79.3 cm³/mol. The van der Waals surface area contributed by atoms with Crippen LogP contribution in [0, 0.1) is 0 Å². The molecule has 0 aromatic heterocycles. The lowest BCUT2D eigenvalue weighted by Gasteiger charge is -2.16. The Morgan fingerprint density at radius 3 is 2.38 bits per heavy atom. The van der Waals surface area contributed by atoms with Crippen molar-refractivity contribution in [3.63, 3.8) is 0 Å². The van der Waals surface area contributed by atoms with Crippen LogP contribution in [-0.4, -0.2) is 46.1 Å². The van der Waals surface area contributed by atoms with Gasteiger partial charge in [0.2, 0.25) is 10.0 Å². The molecule has 0 bridgehead atoms. The van der Waals surface area contributed by atoms with Crippen molar-refractivity contribution >= 4 is 16.1 Å². The topological polar surface area (TPSA) is 102 Å². The van der Waals surface area contributed by atoms with Gasteiger partial charge in [-0.05, 0) is 24.6 Å². The number of rotatable bonds is 7. The third-order valence-corrected chi connectivity index (χ3v) is 4.78. The predicted octanol–water partition coefficient (Wildman–Crippen LogP) is 0.683. The quantitative estimate of drug-likeness (QED) is 0.721. The van der Waals surface area contributed by atoms with Crippen molar-refractivity contribution in [3.8, 4) is 0 Å². The van der Waals surface area contributed by atoms with Crippen LogP contribution in [0.3, 0.4) is 0 Å². The fourth-order valence-corrected chi connectivity index (χ4v) is 2.59. The smallest absolute Gasteiger partial charge is 0.404 e. The summed E-state index contributed by atoms with van der Waals surface area (Å²) < 4.78 is 29.7. The van der Waals surface area contributed by atoms with Crippen molar-refractivity contribution in [3.05, 3.63) is 29.8 Å². The highest BCUT2D eigenvalue weighted by molar-refractivity contribution is 7.89. The maximum atomic E-state index is 11.9. The zero-order valence-electron chi connectivity index (χ0n) is 12.4. The van der Waals surface area contributed by atoms with Crippen LogP contribution in [0.4, 0.5) is 4.79 Å². The highest BCUT2D eigenvalue weighted by Crippen LogP contribution is 2.17. The van der Waals surface area contributed by atoms with Gasteiger partial charge >= 0.3 is 6.09 Å². The minimum atomic E-state index is -3.41. The number of nitrogens with one attached hydrogen (secondary N) is 1. The fourth-order valence-electron chi connectivity index (χ4n) is 1.68. The van der Waals surface area contributed by atoms with Gasteiger partial charge in [-0.1, -0.05) is 12.1 Å². The molecule has 0 saturated heterocycles. The Bertz CT molecular complexity index is 570. The molecule has 7 nitrogen and oxygen atoms in total. The lowest BCUT2D eigenvalue weighted by Crippen LogP contribution is -2.26. The largest absolute Gasteiger partial charge is 0.448 e. The van der Waals surface area contributed by atoms with Crippen LogP contribution in [0.25, 0.3) is 0 Å². The van der Waals surface area contributed by atoms with E-state index in [1.807, 2.05) is 6.92 Å². The van der Waals surface area contributed by atoms with Crippen LogP contribution < -0.4 is 11.1 Å². The second-order valence-corrected chi connectivity index (χ2v) is 6.85. The Balaban J connectivity index is 2.63. The maximum Gasteiger partial charge on any atom is 0.404 e. The fraction of sp³-hybridized carbons (Fsp3) is 0.462. The molecule has 0 spiro atoms. The molecule has 0 fully saturated rings. The molecule has 1 aromatic carbocycles. The number of ether oxygens (including phenoxy) is 1. The average Bonchev–Trinajstić information content (AvgIpc) is 2.43. The molecular weight excluding hydrogens is 294 g/mol. The summed E-state index contributed by atoms with van der Waals surface area (Å²) in [7, 11) is -0.424. The zero-order valence-corrected chi connectivity index (χ0v) is 13.2. The Labute approximate surface area is 125 Å². The number of sulfonamides is 1. The van der Waals surface area contributed by atoms with E-state index in [1.54, 1.807) is 24.3 Å². The van der Waals surface area contributed by atoms with E-state index in [2.05, 4.69) is 10.1 Å². The molecule has 3 N–H and O–H groups in total. The number of carbonyl (C=O) groups is 1. The molecule has 21 heavy (non-hydrogen) atoms. The van der Waals surface area contributed by atoms with E-state index in [-0.39, 0.29) is 17.5 Å². The molecular formula is C13H21N3O4S. The van der Waals surface area contributed by atoms with Crippen LogP contribution in [0.2, 0.25) is 0 Å². The van der Waals surface area contributed by atoms with Crippen molar-refractivity contribution in [2.45, 2.75) is 17.9 Å². The summed E-state index contributed by atoms with van der Waals surface area (Å²) in [6, 6.07) is 6.65. The summed E-state index contributed by atoms with van der Waals surface area (Å²) in [5, 5.41) is 3.14. The number of amides is 1. The highest BCUT2D eigenvalue weighted by atomic mass is 32.2. The Hall–Kier alpha value is -1.64. The first-order valence-corrected chi connectivity index (χ1v) is 7.87. The summed E-state index contributed by atoms with van der Waals surface area (Å²) in [5.41, 5.74) is 5.79. The number of hydrogen-bond donors (Lipinski definition) is 2. The number of carbonyl (C=O) groups excluding carboxylic acids is 1. The van der Waals surface area contributed by atoms with Gasteiger partial charge in [0.05, 0.1) is 4.90 Å². The van der Waals surface area contributed by atoms with Crippen molar-refractivity contribution in [1.29, 1.82) is 0 Å². The van der Waals surface area contributed by atoms with Gasteiger partial charge in [0.25, 0.3) is 0 Å². The van der Waals surface area contributed by atoms with Gasteiger partial charge in [0.15, 0.2) is 0 Å². The summed E-state index contributed by atoms with van der Waals surface area (Å²) in [6.45, 7) is 2.58. The molecule has 1 unspecified atom stereocenters. The highest BCUT2D eigenvalue weighted by Gasteiger charge is 2.17. The van der Waals surface area contributed by atoms with Crippen molar-refractivity contribution in [2.75, 3.05) is 27.2 Å². The van der Waals surface area contributed by atoms with Crippen LogP contribution in [0.5, 0.6) is 0 Å². The molecule has 1 rings (SSSR count). The van der Waals surface area contributed by atoms with Crippen molar-refractivity contribution in [1.82, 2.24) is 9.62 Å². The number of nitrogens with two attached hydrogens (primary N) is 1. The second-order valence-electron chi connectivity index (χ2n) is 4.70. The number of primary amides is 1. The van der Waals surface area contributed by atoms with Gasteiger partial charge in [-0.15, -0.1) is 0 Å². The van der Waals surface area contributed by atoms with Gasteiger partial charge in [0, 0.05) is 26.7 Å². The monoisotopic (exact) mass is 315 g/mol. The summed E-state index contributed by atoms with van der Waals surface area (Å²) in [5.74, 6) is 0. The maximum absolute atomic E-state index is 11.9. The Morgan fingerprint density at radius 1 is 1.33 bits per heavy atom. The summed E-state index contributed by atoms with van der Waals surface area (Å²) in [6.07, 6.45) is -0.803. The molecule has 0 heterocycles. The van der Waals surface area contributed by atoms with Crippen LogP contribution in [0.1, 0.15) is 18.5 Å². The van der Waals surface area contributed by atoms with E-state index in [1.165, 1.54) is 18.4 Å². The Kier molecular flexibility index (Phi) is 6.13. The minimum Gasteiger partial charge on any atom is -0.448 e. The second kappa shape index (κ2) is 7.39. The van der Waals surface area contributed by atoms with Crippen molar-refractivity contribution in [2.24, 2.45) is 5.73 Å².